The van der Waals surface area contributed by atoms with E-state index in [9.17, 15) is 9.59 Å². The number of methoxy groups -OCH3 is 1. The first-order valence-electron chi connectivity index (χ1n) is 11.2. The van der Waals surface area contributed by atoms with Crippen LogP contribution in [-0.4, -0.2) is 25.6 Å². The summed E-state index contributed by atoms with van der Waals surface area (Å²) in [4.78, 5) is 26.2. The van der Waals surface area contributed by atoms with Gasteiger partial charge in [0, 0.05) is 21.3 Å². The predicted molar refractivity (Wildman–Crippen MR) is 142 cm³/mol. The number of esters is 1. The lowest BCUT2D eigenvalue weighted by atomic mass is 9.98. The average Bonchev–Trinajstić information content (AvgIpc) is 3.11. The molecular weight excluding hydrogens is 514 g/mol. The average molecular weight is 545 g/mol. The van der Waals surface area contributed by atoms with E-state index < -0.39 is 5.97 Å². The second kappa shape index (κ2) is 11.7. The van der Waals surface area contributed by atoms with E-state index in [2.05, 4.69) is 48.1 Å². The second-order valence-corrected chi connectivity index (χ2v) is 10.5. The van der Waals surface area contributed by atoms with Gasteiger partial charge in [0.1, 0.15) is 16.3 Å². The monoisotopic (exact) mass is 543 g/mol. The molecule has 3 aromatic rings. The van der Waals surface area contributed by atoms with Gasteiger partial charge >= 0.3 is 5.97 Å². The maximum absolute atomic E-state index is 12.6. The molecule has 180 valence electrons. The number of halogens is 1. The first kappa shape index (κ1) is 26.0. The minimum atomic E-state index is -0.471. The van der Waals surface area contributed by atoms with Gasteiger partial charge in [-0.05, 0) is 67.1 Å². The predicted octanol–water partition coefficient (Wildman–Crippen LogP) is 7.50. The highest BCUT2D eigenvalue weighted by molar-refractivity contribution is 9.10. The van der Waals surface area contributed by atoms with Gasteiger partial charge in [0.15, 0.2) is 0 Å². The molecule has 0 bridgehead atoms. The maximum atomic E-state index is 12.6. The quantitative estimate of drug-likeness (QED) is 0.224. The third kappa shape index (κ3) is 6.27. The number of amides is 1. The Morgan fingerprint density at radius 2 is 1.79 bits per heavy atom. The molecule has 0 radical (unpaired) electrons. The molecule has 34 heavy (non-hydrogen) atoms. The molecule has 0 aliphatic carbocycles. The topological polar surface area (TPSA) is 64.6 Å². The highest BCUT2D eigenvalue weighted by Gasteiger charge is 2.25. The fraction of sp³-hybridized carbons (Fsp3) is 0.333. The van der Waals surface area contributed by atoms with E-state index in [1.54, 1.807) is 0 Å². The zero-order valence-corrected chi connectivity index (χ0v) is 22.6. The van der Waals surface area contributed by atoms with Gasteiger partial charge in [-0.3, -0.25) is 4.79 Å². The number of nitrogens with one attached hydrogen (secondary N) is 1. The summed E-state index contributed by atoms with van der Waals surface area (Å²) in [6, 6.07) is 13.8. The van der Waals surface area contributed by atoms with Crippen LogP contribution in [0.2, 0.25) is 0 Å². The Bertz CT molecular complexity index is 1170. The van der Waals surface area contributed by atoms with Crippen LogP contribution < -0.4 is 10.1 Å². The van der Waals surface area contributed by atoms with Crippen LogP contribution in [0.25, 0.3) is 11.1 Å². The molecule has 0 aliphatic heterocycles. The first-order chi connectivity index (χ1) is 16.2. The summed E-state index contributed by atoms with van der Waals surface area (Å²) in [6.45, 7) is 8.80. The summed E-state index contributed by atoms with van der Waals surface area (Å²) < 4.78 is 11.8. The van der Waals surface area contributed by atoms with E-state index in [-0.39, 0.29) is 12.3 Å². The molecule has 1 N–H and O–H groups in total. The van der Waals surface area contributed by atoms with Crippen molar-refractivity contribution in [1.82, 2.24) is 0 Å². The molecule has 0 unspecified atom stereocenters. The maximum Gasteiger partial charge on any atom is 0.341 e. The van der Waals surface area contributed by atoms with Crippen molar-refractivity contribution < 1.29 is 19.1 Å². The minimum Gasteiger partial charge on any atom is -0.494 e. The van der Waals surface area contributed by atoms with E-state index >= 15 is 0 Å². The minimum absolute atomic E-state index is 0.163. The van der Waals surface area contributed by atoms with Crippen molar-refractivity contribution in [3.05, 3.63) is 68.5 Å². The summed E-state index contributed by atoms with van der Waals surface area (Å²) in [5.74, 6) is 0.644. The zero-order chi connectivity index (χ0) is 24.8. The Kier molecular flexibility index (Phi) is 8.91. The zero-order valence-electron chi connectivity index (χ0n) is 20.2. The Hall–Kier alpha value is -2.64. The van der Waals surface area contributed by atoms with E-state index in [1.165, 1.54) is 29.6 Å². The lowest BCUT2D eigenvalue weighted by Gasteiger charge is -2.12. The Morgan fingerprint density at radius 3 is 2.41 bits per heavy atom. The number of rotatable bonds is 9. The second-order valence-electron chi connectivity index (χ2n) is 8.41. The standard InChI is InChI=1S/C27H30BrNO4S/c1-16(2)22-13-12-21(15-17(22)3)33-14-6-7-23(30)29-26-25(27(31)32-5)24(18(4)34-26)19-8-10-20(28)11-9-19/h8-13,15-16H,6-7,14H2,1-5H3,(H,29,30). The molecular formula is C27H30BrNO4S. The number of thiophene rings is 1. The summed E-state index contributed by atoms with van der Waals surface area (Å²) in [5.41, 5.74) is 4.57. The largest absolute Gasteiger partial charge is 0.494 e. The van der Waals surface area contributed by atoms with Crippen LogP contribution in [0.4, 0.5) is 5.00 Å². The molecule has 2 aromatic carbocycles. The highest BCUT2D eigenvalue weighted by Crippen LogP contribution is 2.40. The smallest absolute Gasteiger partial charge is 0.341 e. The van der Waals surface area contributed by atoms with Gasteiger partial charge in [-0.2, -0.15) is 0 Å². The molecule has 3 rings (SSSR count). The molecule has 0 atom stereocenters. The van der Waals surface area contributed by atoms with Crippen LogP contribution in [0.15, 0.2) is 46.9 Å². The molecule has 5 nitrogen and oxygen atoms in total. The van der Waals surface area contributed by atoms with Crippen molar-refractivity contribution in [2.75, 3.05) is 19.0 Å². The SMILES string of the molecule is COC(=O)c1c(NC(=O)CCCOc2ccc(C(C)C)c(C)c2)sc(C)c1-c1ccc(Br)cc1. The normalized spacial score (nSPS) is 10.9. The van der Waals surface area contributed by atoms with Crippen LogP contribution in [-0.2, 0) is 9.53 Å². The van der Waals surface area contributed by atoms with Gasteiger partial charge < -0.3 is 14.8 Å². The lowest BCUT2D eigenvalue weighted by molar-refractivity contribution is -0.116. The van der Waals surface area contributed by atoms with Crippen molar-refractivity contribution in [3.8, 4) is 16.9 Å². The van der Waals surface area contributed by atoms with E-state index in [4.69, 9.17) is 9.47 Å². The van der Waals surface area contributed by atoms with Gasteiger partial charge in [-0.25, -0.2) is 4.79 Å². The van der Waals surface area contributed by atoms with Crippen LogP contribution >= 0.6 is 27.3 Å². The molecule has 1 heterocycles. The first-order valence-corrected chi connectivity index (χ1v) is 12.8. The Labute approximate surface area is 213 Å². The number of benzene rings is 2. The van der Waals surface area contributed by atoms with Crippen molar-refractivity contribution in [2.24, 2.45) is 0 Å². The summed E-state index contributed by atoms with van der Waals surface area (Å²) in [6.07, 6.45) is 0.850. The van der Waals surface area contributed by atoms with Crippen LogP contribution in [0, 0.1) is 13.8 Å². The molecule has 7 heteroatoms. The number of carbonyl (C=O) groups is 2. The molecule has 0 saturated heterocycles. The Morgan fingerprint density at radius 1 is 1.09 bits per heavy atom. The van der Waals surface area contributed by atoms with Gasteiger partial charge in [0.2, 0.25) is 5.91 Å². The van der Waals surface area contributed by atoms with Crippen molar-refractivity contribution in [2.45, 2.75) is 46.5 Å². The van der Waals surface area contributed by atoms with Crippen molar-refractivity contribution in [1.29, 1.82) is 0 Å². The van der Waals surface area contributed by atoms with Crippen LogP contribution in [0.1, 0.15) is 59.0 Å². The lowest BCUT2D eigenvalue weighted by Crippen LogP contribution is -2.15. The van der Waals surface area contributed by atoms with Gasteiger partial charge in [0.05, 0.1) is 13.7 Å². The number of anilines is 1. The molecule has 0 fully saturated rings. The van der Waals surface area contributed by atoms with E-state index in [0.29, 0.717) is 29.5 Å². The van der Waals surface area contributed by atoms with Gasteiger partial charge in [-0.15, -0.1) is 11.3 Å². The van der Waals surface area contributed by atoms with E-state index in [1.807, 2.05) is 43.3 Å². The van der Waals surface area contributed by atoms with Crippen LogP contribution in [0.5, 0.6) is 5.75 Å². The van der Waals surface area contributed by atoms with Gasteiger partial charge in [0.25, 0.3) is 0 Å². The number of aryl methyl sites for hydroxylation is 2. The fourth-order valence-electron chi connectivity index (χ4n) is 3.89. The number of carbonyl (C=O) groups excluding carboxylic acids is 2. The van der Waals surface area contributed by atoms with Crippen molar-refractivity contribution in [3.63, 3.8) is 0 Å². The number of ether oxygens (including phenoxy) is 2. The summed E-state index contributed by atoms with van der Waals surface area (Å²) >= 11 is 4.81. The molecule has 0 saturated carbocycles. The van der Waals surface area contributed by atoms with Gasteiger partial charge in [-0.1, -0.05) is 48.0 Å². The Balaban J connectivity index is 1.64. The molecule has 0 aliphatic rings. The third-order valence-corrected chi connectivity index (χ3v) is 7.09. The molecule has 1 amide bonds. The fourth-order valence-corrected chi connectivity index (χ4v) is 5.24. The number of hydrogen-bond acceptors (Lipinski definition) is 5. The van der Waals surface area contributed by atoms with Crippen LogP contribution in [0.3, 0.4) is 0 Å². The highest BCUT2D eigenvalue weighted by atomic mass is 79.9. The van der Waals surface area contributed by atoms with Crippen molar-refractivity contribution >= 4 is 44.1 Å². The number of hydrogen-bond donors (Lipinski definition) is 1. The molecule has 1 aromatic heterocycles. The summed E-state index contributed by atoms with van der Waals surface area (Å²) in [7, 11) is 1.35. The third-order valence-electron chi connectivity index (χ3n) is 5.54. The summed E-state index contributed by atoms with van der Waals surface area (Å²) in [5, 5.41) is 3.42. The van der Waals surface area contributed by atoms with E-state index in [0.717, 1.165) is 26.2 Å². The molecule has 0 spiro atoms.